The summed E-state index contributed by atoms with van der Waals surface area (Å²) >= 11 is 0. The van der Waals surface area contributed by atoms with E-state index in [1.165, 1.54) is 6.07 Å². The maximum atomic E-state index is 11.6. The van der Waals surface area contributed by atoms with Crippen molar-refractivity contribution in [1.29, 1.82) is 0 Å². The number of carbonyl (C=O) groups is 1. The number of hydrogen-bond donors (Lipinski definition) is 2. The first-order valence-corrected chi connectivity index (χ1v) is 7.12. The maximum Gasteiger partial charge on any atom is 0.322 e. The van der Waals surface area contributed by atoms with E-state index in [4.69, 9.17) is 10.5 Å². The molecule has 0 spiro atoms. The zero-order chi connectivity index (χ0) is 14.3. The summed E-state index contributed by atoms with van der Waals surface area (Å²) in [5.41, 5.74) is 5.60. The lowest BCUT2D eigenvalue weighted by atomic mass is 10.3. The highest BCUT2D eigenvalue weighted by atomic mass is 32.2. The fourth-order valence-electron chi connectivity index (χ4n) is 1.26. The lowest BCUT2D eigenvalue weighted by Crippen LogP contribution is -2.23. The molecule has 106 valence electrons. The summed E-state index contributed by atoms with van der Waals surface area (Å²) in [4.78, 5) is 10.9. The summed E-state index contributed by atoms with van der Waals surface area (Å²) in [6, 6.07) is 6.35. The molecule has 0 heterocycles. The van der Waals surface area contributed by atoms with E-state index in [0.717, 1.165) is 7.11 Å². The molecule has 0 saturated carbocycles. The Hall–Kier alpha value is -1.80. The molecule has 8 heteroatoms. The van der Waals surface area contributed by atoms with E-state index < -0.39 is 21.7 Å². The summed E-state index contributed by atoms with van der Waals surface area (Å²) in [5, 5.41) is 0. The smallest absolute Gasteiger partial charge is 0.322 e. The van der Waals surface area contributed by atoms with Crippen LogP contribution in [0.25, 0.3) is 0 Å². The highest BCUT2D eigenvalue weighted by Gasteiger charge is 2.16. The van der Waals surface area contributed by atoms with Gasteiger partial charge in [-0.2, -0.15) is 0 Å². The molecular formula is C11H16N2O5S. The Bertz CT molecular complexity index is 530. The van der Waals surface area contributed by atoms with Gasteiger partial charge in [0.2, 0.25) is 10.0 Å². The molecule has 0 aliphatic carbocycles. The van der Waals surface area contributed by atoms with Crippen LogP contribution in [0, 0.1) is 0 Å². The molecule has 0 fully saturated rings. The van der Waals surface area contributed by atoms with Crippen LogP contribution >= 0.6 is 0 Å². The van der Waals surface area contributed by atoms with Crippen molar-refractivity contribution in [1.82, 2.24) is 0 Å². The van der Waals surface area contributed by atoms with Gasteiger partial charge in [0.25, 0.3) is 0 Å². The number of nitrogens with one attached hydrogen (secondary N) is 1. The zero-order valence-electron chi connectivity index (χ0n) is 10.5. The molecule has 0 bridgehead atoms. The Morgan fingerprint density at radius 3 is 2.79 bits per heavy atom. The highest BCUT2D eigenvalue weighted by molar-refractivity contribution is 7.93. The summed E-state index contributed by atoms with van der Waals surface area (Å²) < 4.78 is 35.1. The van der Waals surface area contributed by atoms with Gasteiger partial charge in [-0.25, -0.2) is 8.42 Å². The first-order valence-electron chi connectivity index (χ1n) is 5.47. The summed E-state index contributed by atoms with van der Waals surface area (Å²) in [5.74, 6) is -1.08. The number of benzene rings is 1. The van der Waals surface area contributed by atoms with Crippen LogP contribution in [-0.4, -0.2) is 40.4 Å². The zero-order valence-corrected chi connectivity index (χ0v) is 11.3. The van der Waals surface area contributed by atoms with Crippen LogP contribution in [0.15, 0.2) is 24.3 Å². The Kier molecular flexibility index (Phi) is 5.58. The van der Waals surface area contributed by atoms with E-state index in [1.54, 1.807) is 18.2 Å². The molecule has 0 amide bonds. The van der Waals surface area contributed by atoms with E-state index in [-0.39, 0.29) is 0 Å². The van der Waals surface area contributed by atoms with Crippen molar-refractivity contribution < 1.29 is 22.7 Å². The molecule has 0 aromatic heterocycles. The number of rotatable bonds is 7. The van der Waals surface area contributed by atoms with Gasteiger partial charge < -0.3 is 15.2 Å². The molecule has 3 N–H and O–H groups in total. The summed E-state index contributed by atoms with van der Waals surface area (Å²) in [6.07, 6.45) is 0. The van der Waals surface area contributed by atoms with Crippen molar-refractivity contribution >= 4 is 21.7 Å². The number of carbonyl (C=O) groups excluding carboxylic acids is 1. The molecule has 0 radical (unpaired) electrons. The minimum absolute atomic E-state index is 0.304. The van der Waals surface area contributed by atoms with Gasteiger partial charge in [-0.05, 0) is 12.1 Å². The lowest BCUT2D eigenvalue weighted by Gasteiger charge is -2.09. The lowest BCUT2D eigenvalue weighted by molar-refractivity contribution is -0.137. The van der Waals surface area contributed by atoms with Crippen LogP contribution in [-0.2, 0) is 19.6 Å². The molecule has 7 nitrogen and oxygen atoms in total. The van der Waals surface area contributed by atoms with Crippen molar-refractivity contribution in [2.45, 2.75) is 0 Å². The van der Waals surface area contributed by atoms with Gasteiger partial charge in [-0.1, -0.05) is 6.07 Å². The largest absolute Gasteiger partial charge is 0.492 e. The summed E-state index contributed by atoms with van der Waals surface area (Å²) in [6.45, 7) is 0.691. The highest BCUT2D eigenvalue weighted by Crippen LogP contribution is 2.18. The first-order chi connectivity index (χ1) is 8.96. The van der Waals surface area contributed by atoms with E-state index in [2.05, 4.69) is 9.46 Å². The quantitative estimate of drug-likeness (QED) is 0.680. The van der Waals surface area contributed by atoms with Crippen LogP contribution < -0.4 is 15.2 Å². The first kappa shape index (κ1) is 15.3. The van der Waals surface area contributed by atoms with E-state index >= 15 is 0 Å². The Balaban J connectivity index is 2.73. The van der Waals surface area contributed by atoms with Gasteiger partial charge in [0, 0.05) is 12.6 Å². The molecule has 1 aromatic carbocycles. The molecule has 0 atom stereocenters. The Morgan fingerprint density at radius 2 is 2.16 bits per heavy atom. The summed E-state index contributed by atoms with van der Waals surface area (Å²) in [7, 11) is -2.66. The van der Waals surface area contributed by atoms with Crippen LogP contribution in [0.3, 0.4) is 0 Å². The molecule has 1 rings (SSSR count). The van der Waals surface area contributed by atoms with Crippen molar-refractivity contribution in [3.63, 3.8) is 0 Å². The fourth-order valence-corrected chi connectivity index (χ4v) is 2.24. The predicted octanol–water partition coefficient (Wildman–Crippen LogP) is -0.0612. The normalized spacial score (nSPS) is 10.8. The second kappa shape index (κ2) is 6.95. The van der Waals surface area contributed by atoms with Gasteiger partial charge in [-0.15, -0.1) is 0 Å². The molecule has 0 unspecified atom stereocenters. The van der Waals surface area contributed by atoms with E-state index in [9.17, 15) is 13.2 Å². The number of sulfonamides is 1. The van der Waals surface area contributed by atoms with Gasteiger partial charge in [-0.3, -0.25) is 9.52 Å². The SMILES string of the molecule is COC(=O)CS(=O)(=O)Nc1cccc(OCCN)c1. The number of methoxy groups -OCH3 is 1. The number of esters is 1. The fraction of sp³-hybridized carbons (Fsp3) is 0.364. The van der Waals surface area contributed by atoms with E-state index in [0.29, 0.717) is 24.6 Å². The van der Waals surface area contributed by atoms with Gasteiger partial charge in [0.1, 0.15) is 12.4 Å². The number of nitrogens with two attached hydrogens (primary N) is 1. The van der Waals surface area contributed by atoms with Crippen LogP contribution in [0.5, 0.6) is 5.75 Å². The third kappa shape index (κ3) is 5.58. The van der Waals surface area contributed by atoms with E-state index in [1.807, 2.05) is 0 Å². The van der Waals surface area contributed by atoms with Gasteiger partial charge in [0.05, 0.1) is 12.8 Å². The Labute approximate surface area is 111 Å². The average Bonchev–Trinajstić information content (AvgIpc) is 2.35. The maximum absolute atomic E-state index is 11.6. The third-order valence-electron chi connectivity index (χ3n) is 2.03. The van der Waals surface area contributed by atoms with Crippen molar-refractivity contribution in [3.05, 3.63) is 24.3 Å². The van der Waals surface area contributed by atoms with Gasteiger partial charge in [0.15, 0.2) is 5.75 Å². The average molecular weight is 288 g/mol. The second-order valence-electron chi connectivity index (χ2n) is 3.60. The molecular weight excluding hydrogens is 272 g/mol. The topological polar surface area (TPSA) is 108 Å². The van der Waals surface area contributed by atoms with Crippen molar-refractivity contribution in [2.24, 2.45) is 5.73 Å². The number of hydrogen-bond acceptors (Lipinski definition) is 6. The van der Waals surface area contributed by atoms with Crippen LogP contribution in [0.4, 0.5) is 5.69 Å². The van der Waals surface area contributed by atoms with Crippen LogP contribution in [0.2, 0.25) is 0 Å². The Morgan fingerprint density at radius 1 is 1.42 bits per heavy atom. The molecule has 0 aliphatic rings. The minimum atomic E-state index is -3.79. The molecule has 1 aromatic rings. The third-order valence-corrected chi connectivity index (χ3v) is 3.19. The van der Waals surface area contributed by atoms with Crippen molar-refractivity contribution in [3.8, 4) is 5.75 Å². The molecule has 0 aliphatic heterocycles. The minimum Gasteiger partial charge on any atom is -0.492 e. The number of ether oxygens (including phenoxy) is 2. The van der Waals surface area contributed by atoms with Crippen LogP contribution in [0.1, 0.15) is 0 Å². The van der Waals surface area contributed by atoms with Crippen molar-refractivity contribution in [2.75, 3.05) is 30.7 Å². The standard InChI is InChI=1S/C11H16N2O5S/c1-17-11(14)8-19(15,16)13-9-3-2-4-10(7-9)18-6-5-12/h2-4,7,13H,5-6,8,12H2,1H3. The molecule has 0 saturated heterocycles. The second-order valence-corrected chi connectivity index (χ2v) is 5.32. The monoisotopic (exact) mass is 288 g/mol. The predicted molar refractivity (Wildman–Crippen MR) is 70.4 cm³/mol. The number of anilines is 1. The molecule has 19 heavy (non-hydrogen) atoms. The van der Waals surface area contributed by atoms with Gasteiger partial charge >= 0.3 is 5.97 Å².